The monoisotopic (exact) mass is 254 g/mol. The minimum Gasteiger partial charge on any atom is -0.325 e. The van der Waals surface area contributed by atoms with Crippen LogP contribution in [0.2, 0.25) is 0 Å². The molecular weight excluding hydrogens is 244 g/mol. The molecule has 2 aromatic rings. The van der Waals surface area contributed by atoms with Gasteiger partial charge >= 0.3 is 0 Å². The van der Waals surface area contributed by atoms with E-state index >= 15 is 0 Å². The maximum absolute atomic E-state index is 5.77. The number of thioether (sulfide) groups is 1. The lowest BCUT2D eigenvalue weighted by atomic mass is 10.5. The van der Waals surface area contributed by atoms with E-state index in [0.717, 1.165) is 16.7 Å². The van der Waals surface area contributed by atoms with Gasteiger partial charge < -0.3 is 4.57 Å². The Bertz CT molecular complexity index is 457. The second-order valence-corrected chi connectivity index (χ2v) is 4.39. The maximum atomic E-state index is 5.77. The molecule has 2 heterocycles. The standard InChI is InChI=1S/C10H11ClN4S/c1-15-8(5-11)6-14-10(15)16-7-9-12-3-2-4-13-9/h2-4,6H,5,7H2,1H3. The molecule has 4 nitrogen and oxygen atoms in total. The van der Waals surface area contributed by atoms with Crippen LogP contribution in [0, 0.1) is 0 Å². The van der Waals surface area contributed by atoms with Gasteiger partial charge in [-0.3, -0.25) is 0 Å². The quantitative estimate of drug-likeness (QED) is 0.620. The Hall–Kier alpha value is -1.07. The van der Waals surface area contributed by atoms with Gasteiger partial charge in [-0.2, -0.15) is 0 Å². The summed E-state index contributed by atoms with van der Waals surface area (Å²) >= 11 is 7.37. The summed E-state index contributed by atoms with van der Waals surface area (Å²) in [5, 5.41) is 0.933. The van der Waals surface area contributed by atoms with Crippen molar-refractivity contribution in [1.29, 1.82) is 0 Å². The second-order valence-electron chi connectivity index (χ2n) is 3.18. The molecule has 0 fully saturated rings. The predicted octanol–water partition coefficient (Wildman–Crippen LogP) is 2.24. The van der Waals surface area contributed by atoms with E-state index in [9.17, 15) is 0 Å². The van der Waals surface area contributed by atoms with E-state index in [1.165, 1.54) is 0 Å². The Morgan fingerprint density at radius 1 is 1.31 bits per heavy atom. The molecule has 2 aromatic heterocycles. The Morgan fingerprint density at radius 3 is 2.69 bits per heavy atom. The van der Waals surface area contributed by atoms with Crippen LogP contribution < -0.4 is 0 Å². The van der Waals surface area contributed by atoms with Crippen molar-refractivity contribution in [2.75, 3.05) is 0 Å². The number of aromatic nitrogens is 4. The largest absolute Gasteiger partial charge is 0.325 e. The molecule has 0 aliphatic heterocycles. The van der Waals surface area contributed by atoms with Gasteiger partial charge in [-0.05, 0) is 6.07 Å². The first-order valence-electron chi connectivity index (χ1n) is 4.76. The molecule has 0 aliphatic carbocycles. The topological polar surface area (TPSA) is 43.6 Å². The molecule has 0 N–H and O–H groups in total. The van der Waals surface area contributed by atoms with E-state index in [1.54, 1.807) is 36.4 Å². The van der Waals surface area contributed by atoms with Crippen molar-refractivity contribution < 1.29 is 0 Å². The van der Waals surface area contributed by atoms with Crippen LogP contribution in [0.25, 0.3) is 0 Å². The summed E-state index contributed by atoms with van der Waals surface area (Å²) < 4.78 is 1.99. The van der Waals surface area contributed by atoms with Gasteiger partial charge in [0.15, 0.2) is 5.16 Å². The van der Waals surface area contributed by atoms with Crippen molar-refractivity contribution >= 4 is 23.4 Å². The Labute approximate surface area is 103 Å². The van der Waals surface area contributed by atoms with Gasteiger partial charge in [0, 0.05) is 19.4 Å². The third kappa shape index (κ3) is 2.54. The first-order valence-corrected chi connectivity index (χ1v) is 6.28. The van der Waals surface area contributed by atoms with Crippen molar-refractivity contribution in [3.05, 3.63) is 36.2 Å². The molecule has 2 rings (SSSR count). The second kappa shape index (κ2) is 5.32. The molecule has 0 bridgehead atoms. The Morgan fingerprint density at radius 2 is 2.06 bits per heavy atom. The van der Waals surface area contributed by atoms with E-state index in [4.69, 9.17) is 11.6 Å². The van der Waals surface area contributed by atoms with E-state index in [2.05, 4.69) is 15.0 Å². The summed E-state index contributed by atoms with van der Waals surface area (Å²) in [5.74, 6) is 2.00. The molecule has 0 unspecified atom stereocenters. The number of nitrogens with zero attached hydrogens (tertiary/aromatic N) is 4. The summed E-state index contributed by atoms with van der Waals surface area (Å²) in [6.07, 6.45) is 5.28. The minimum atomic E-state index is 0.478. The third-order valence-electron chi connectivity index (χ3n) is 2.13. The van der Waals surface area contributed by atoms with Crippen LogP contribution in [0.4, 0.5) is 0 Å². The lowest BCUT2D eigenvalue weighted by molar-refractivity contribution is 0.760. The van der Waals surface area contributed by atoms with Crippen molar-refractivity contribution in [3.63, 3.8) is 0 Å². The summed E-state index contributed by atoms with van der Waals surface area (Å²) in [5.41, 5.74) is 1.01. The zero-order chi connectivity index (χ0) is 11.4. The van der Waals surface area contributed by atoms with Crippen LogP contribution in [0.3, 0.4) is 0 Å². The fourth-order valence-electron chi connectivity index (χ4n) is 1.22. The van der Waals surface area contributed by atoms with Crippen molar-refractivity contribution in [2.45, 2.75) is 16.8 Å². The van der Waals surface area contributed by atoms with Gasteiger partial charge in [0.25, 0.3) is 0 Å². The Kier molecular flexibility index (Phi) is 3.79. The minimum absolute atomic E-state index is 0.478. The summed E-state index contributed by atoms with van der Waals surface area (Å²) in [6, 6.07) is 1.81. The molecule has 0 spiro atoms. The van der Waals surface area contributed by atoms with Crippen LogP contribution >= 0.6 is 23.4 Å². The molecule has 16 heavy (non-hydrogen) atoms. The molecule has 0 atom stereocenters. The molecular formula is C10H11ClN4S. The zero-order valence-corrected chi connectivity index (χ0v) is 10.4. The highest BCUT2D eigenvalue weighted by Crippen LogP contribution is 2.20. The Balaban J connectivity index is 2.02. The van der Waals surface area contributed by atoms with Gasteiger partial charge in [-0.1, -0.05) is 11.8 Å². The van der Waals surface area contributed by atoms with Crippen LogP contribution in [0.15, 0.2) is 29.8 Å². The van der Waals surface area contributed by atoms with Crippen molar-refractivity contribution in [3.8, 4) is 0 Å². The van der Waals surface area contributed by atoms with Crippen molar-refractivity contribution in [2.24, 2.45) is 7.05 Å². The molecule has 84 valence electrons. The number of alkyl halides is 1. The van der Waals surface area contributed by atoms with Crippen LogP contribution in [-0.4, -0.2) is 19.5 Å². The SMILES string of the molecule is Cn1c(CCl)cnc1SCc1ncccn1. The van der Waals surface area contributed by atoms with Gasteiger partial charge in [0.2, 0.25) is 0 Å². The fraction of sp³-hybridized carbons (Fsp3) is 0.300. The van der Waals surface area contributed by atoms with Gasteiger partial charge in [0.1, 0.15) is 5.82 Å². The van der Waals surface area contributed by atoms with E-state index < -0.39 is 0 Å². The molecule has 6 heteroatoms. The number of hydrogen-bond donors (Lipinski definition) is 0. The number of rotatable bonds is 4. The lowest BCUT2D eigenvalue weighted by Crippen LogP contribution is -1.97. The highest BCUT2D eigenvalue weighted by molar-refractivity contribution is 7.98. The molecule has 0 aliphatic rings. The fourth-order valence-corrected chi connectivity index (χ4v) is 2.31. The highest BCUT2D eigenvalue weighted by atomic mass is 35.5. The molecule has 0 radical (unpaired) electrons. The average molecular weight is 255 g/mol. The molecule has 0 aromatic carbocycles. The summed E-state index contributed by atoms with van der Waals surface area (Å²) in [4.78, 5) is 12.6. The van der Waals surface area contributed by atoms with E-state index in [0.29, 0.717) is 11.6 Å². The van der Waals surface area contributed by atoms with Gasteiger partial charge in [0.05, 0.1) is 23.5 Å². The van der Waals surface area contributed by atoms with Crippen LogP contribution in [0.5, 0.6) is 0 Å². The average Bonchev–Trinajstić information content (AvgIpc) is 2.69. The summed E-state index contributed by atoms with van der Waals surface area (Å²) in [6.45, 7) is 0. The highest BCUT2D eigenvalue weighted by Gasteiger charge is 2.06. The van der Waals surface area contributed by atoms with Crippen molar-refractivity contribution in [1.82, 2.24) is 19.5 Å². The smallest absolute Gasteiger partial charge is 0.168 e. The predicted molar refractivity (Wildman–Crippen MR) is 64.4 cm³/mol. The molecule has 0 saturated carbocycles. The number of imidazole rings is 1. The lowest BCUT2D eigenvalue weighted by Gasteiger charge is -2.02. The normalized spacial score (nSPS) is 10.6. The van der Waals surface area contributed by atoms with E-state index in [-0.39, 0.29) is 0 Å². The van der Waals surface area contributed by atoms with Gasteiger partial charge in [-0.25, -0.2) is 15.0 Å². The zero-order valence-electron chi connectivity index (χ0n) is 8.80. The summed E-state index contributed by atoms with van der Waals surface area (Å²) in [7, 11) is 1.96. The van der Waals surface area contributed by atoms with Crippen LogP contribution in [0.1, 0.15) is 11.5 Å². The maximum Gasteiger partial charge on any atom is 0.168 e. The van der Waals surface area contributed by atoms with E-state index in [1.807, 2.05) is 11.6 Å². The number of hydrogen-bond acceptors (Lipinski definition) is 4. The molecule has 0 saturated heterocycles. The van der Waals surface area contributed by atoms with Crippen LogP contribution in [-0.2, 0) is 18.7 Å². The van der Waals surface area contributed by atoms with Gasteiger partial charge in [-0.15, -0.1) is 11.6 Å². The molecule has 0 amide bonds. The number of halogens is 1. The first kappa shape index (κ1) is 11.4. The first-order chi connectivity index (χ1) is 7.81. The third-order valence-corrected chi connectivity index (χ3v) is 3.44.